The summed E-state index contributed by atoms with van der Waals surface area (Å²) in [6.45, 7) is 2.32. The Bertz CT molecular complexity index is 563. The monoisotopic (exact) mass is 448 g/mol. The molecule has 0 bridgehead atoms. The van der Waals surface area contributed by atoms with E-state index in [1.807, 2.05) is 0 Å². The fraction of sp³-hybridized carbons (Fsp3) is 0.778. The molecular formula is C18H36N6O5S. The summed E-state index contributed by atoms with van der Waals surface area (Å²) in [5.74, 6) is -2.92. The van der Waals surface area contributed by atoms with Gasteiger partial charge in [0.15, 0.2) is 0 Å². The molecule has 10 N–H and O–H groups in total. The molecular weight excluding hydrogens is 412 g/mol. The minimum atomic E-state index is -1.16. The van der Waals surface area contributed by atoms with Crippen molar-refractivity contribution in [3.63, 3.8) is 0 Å². The van der Waals surface area contributed by atoms with Gasteiger partial charge in [-0.2, -0.15) is 12.6 Å². The number of carbonyl (C=O) groups excluding carboxylic acids is 3. The summed E-state index contributed by atoms with van der Waals surface area (Å²) < 4.78 is 0. The van der Waals surface area contributed by atoms with Crippen molar-refractivity contribution in [1.82, 2.24) is 16.0 Å². The molecule has 4 unspecified atom stereocenters. The predicted octanol–water partition coefficient (Wildman–Crippen LogP) is -1.94. The Kier molecular flexibility index (Phi) is 14.9. The van der Waals surface area contributed by atoms with Crippen LogP contribution >= 0.6 is 12.6 Å². The molecule has 0 fully saturated rings. The maximum absolute atomic E-state index is 12.7. The zero-order valence-corrected chi connectivity index (χ0v) is 18.3. The number of aliphatic carboxylic acids is 1. The number of carboxylic acid groups (broad SMARTS) is 1. The lowest BCUT2D eigenvalue weighted by Gasteiger charge is -2.24. The van der Waals surface area contributed by atoms with Crippen molar-refractivity contribution in [1.29, 1.82) is 0 Å². The summed E-state index contributed by atoms with van der Waals surface area (Å²) in [7, 11) is 0. The zero-order valence-electron chi connectivity index (χ0n) is 17.4. The second-order valence-corrected chi connectivity index (χ2v) is 7.43. The molecule has 0 aliphatic rings. The highest BCUT2D eigenvalue weighted by Gasteiger charge is 2.29. The van der Waals surface area contributed by atoms with E-state index in [-0.39, 0.29) is 18.6 Å². The first kappa shape index (κ1) is 28.1. The third-order valence-corrected chi connectivity index (χ3v) is 4.74. The van der Waals surface area contributed by atoms with Gasteiger partial charge in [0.25, 0.3) is 0 Å². The topological polar surface area (TPSA) is 203 Å². The molecule has 174 valence electrons. The third kappa shape index (κ3) is 11.3. The number of hydrogen-bond acceptors (Lipinski definition) is 8. The van der Waals surface area contributed by atoms with Crippen LogP contribution < -0.4 is 33.2 Å². The van der Waals surface area contributed by atoms with E-state index in [1.165, 1.54) is 6.92 Å². The molecule has 11 nitrogen and oxygen atoms in total. The Labute approximate surface area is 182 Å². The van der Waals surface area contributed by atoms with Crippen LogP contribution in [0.4, 0.5) is 0 Å². The van der Waals surface area contributed by atoms with Gasteiger partial charge < -0.3 is 38.3 Å². The first-order valence-corrected chi connectivity index (χ1v) is 10.7. The van der Waals surface area contributed by atoms with Crippen LogP contribution in [0.25, 0.3) is 0 Å². The molecule has 0 saturated heterocycles. The molecule has 0 aromatic heterocycles. The largest absolute Gasteiger partial charge is 0.480 e. The zero-order chi connectivity index (χ0) is 23.1. The number of carboxylic acids is 1. The molecule has 4 atom stereocenters. The van der Waals surface area contributed by atoms with E-state index in [2.05, 4.69) is 28.6 Å². The molecule has 0 saturated carbocycles. The van der Waals surface area contributed by atoms with Gasteiger partial charge in [0.1, 0.15) is 18.1 Å². The van der Waals surface area contributed by atoms with Crippen molar-refractivity contribution in [2.45, 2.75) is 69.6 Å². The summed E-state index contributed by atoms with van der Waals surface area (Å²) in [5, 5.41) is 16.9. The highest BCUT2D eigenvalue weighted by Crippen LogP contribution is 2.06. The molecule has 12 heteroatoms. The van der Waals surface area contributed by atoms with E-state index in [0.29, 0.717) is 38.8 Å². The Balaban J connectivity index is 5.16. The Morgan fingerprint density at radius 3 is 1.67 bits per heavy atom. The first-order chi connectivity index (χ1) is 14.2. The molecule has 0 aliphatic carbocycles. The fourth-order valence-electron chi connectivity index (χ4n) is 2.55. The number of rotatable bonds is 16. The smallest absolute Gasteiger partial charge is 0.326 e. The van der Waals surface area contributed by atoms with E-state index in [9.17, 15) is 24.3 Å². The van der Waals surface area contributed by atoms with Gasteiger partial charge in [-0.3, -0.25) is 14.4 Å². The first-order valence-electron chi connectivity index (χ1n) is 10.1. The minimum absolute atomic E-state index is 0.00171. The minimum Gasteiger partial charge on any atom is -0.480 e. The highest BCUT2D eigenvalue weighted by atomic mass is 32.1. The molecule has 0 aliphatic heterocycles. The van der Waals surface area contributed by atoms with E-state index in [1.54, 1.807) is 0 Å². The Morgan fingerprint density at radius 2 is 1.23 bits per heavy atom. The SMILES string of the molecule is CC(N)C(=O)NC(CS)C(=O)NC(CCCCN)C(=O)NC(CCCCN)C(=O)O. The molecule has 0 heterocycles. The van der Waals surface area contributed by atoms with E-state index in [0.717, 1.165) is 0 Å². The number of thiol groups is 1. The van der Waals surface area contributed by atoms with Gasteiger partial charge in [-0.15, -0.1) is 0 Å². The van der Waals surface area contributed by atoms with Gasteiger partial charge in [-0.25, -0.2) is 4.79 Å². The van der Waals surface area contributed by atoms with Crippen LogP contribution in [-0.4, -0.2) is 71.8 Å². The maximum atomic E-state index is 12.7. The molecule has 30 heavy (non-hydrogen) atoms. The van der Waals surface area contributed by atoms with E-state index in [4.69, 9.17) is 17.2 Å². The molecule has 0 spiro atoms. The molecule has 3 amide bonds. The van der Waals surface area contributed by atoms with Crippen molar-refractivity contribution in [3.8, 4) is 0 Å². The average Bonchev–Trinajstić information content (AvgIpc) is 2.69. The van der Waals surface area contributed by atoms with Gasteiger partial charge in [0, 0.05) is 5.75 Å². The average molecular weight is 449 g/mol. The van der Waals surface area contributed by atoms with E-state index < -0.39 is 47.9 Å². The summed E-state index contributed by atoms with van der Waals surface area (Å²) in [6.07, 6.45) is 2.87. The number of hydrogen-bond donors (Lipinski definition) is 8. The van der Waals surface area contributed by atoms with Gasteiger partial charge >= 0.3 is 5.97 Å². The van der Waals surface area contributed by atoms with Crippen molar-refractivity contribution in [3.05, 3.63) is 0 Å². The van der Waals surface area contributed by atoms with Crippen molar-refractivity contribution >= 4 is 36.3 Å². The lowest BCUT2D eigenvalue weighted by Crippen LogP contribution is -2.57. The highest BCUT2D eigenvalue weighted by molar-refractivity contribution is 7.80. The number of nitrogens with one attached hydrogen (secondary N) is 3. The van der Waals surface area contributed by atoms with Crippen LogP contribution in [0.2, 0.25) is 0 Å². The summed E-state index contributed by atoms with van der Waals surface area (Å²) >= 11 is 4.07. The Hall–Kier alpha value is -1.89. The van der Waals surface area contributed by atoms with Crippen molar-refractivity contribution in [2.24, 2.45) is 17.2 Å². The second kappa shape index (κ2) is 15.9. The fourth-order valence-corrected chi connectivity index (χ4v) is 2.81. The number of amides is 3. The number of carbonyl (C=O) groups is 4. The maximum Gasteiger partial charge on any atom is 0.326 e. The van der Waals surface area contributed by atoms with Gasteiger partial charge in [-0.05, 0) is 58.5 Å². The van der Waals surface area contributed by atoms with Crippen LogP contribution in [0.5, 0.6) is 0 Å². The third-order valence-electron chi connectivity index (χ3n) is 4.37. The summed E-state index contributed by atoms with van der Waals surface area (Å²) in [5.41, 5.74) is 16.4. The van der Waals surface area contributed by atoms with Crippen LogP contribution in [0.1, 0.15) is 45.4 Å². The molecule has 0 aromatic carbocycles. The lowest BCUT2D eigenvalue weighted by molar-refractivity contribution is -0.142. The lowest BCUT2D eigenvalue weighted by atomic mass is 10.1. The van der Waals surface area contributed by atoms with Crippen LogP contribution in [0.3, 0.4) is 0 Å². The van der Waals surface area contributed by atoms with Gasteiger partial charge in [0.05, 0.1) is 6.04 Å². The normalized spacial score (nSPS) is 14.8. The predicted molar refractivity (Wildman–Crippen MR) is 117 cm³/mol. The summed E-state index contributed by atoms with van der Waals surface area (Å²) in [6, 6.07) is -3.86. The van der Waals surface area contributed by atoms with Crippen LogP contribution in [-0.2, 0) is 19.2 Å². The number of nitrogens with two attached hydrogens (primary N) is 3. The standard InChI is InChI=1S/C18H36N6O5S/c1-11(21)15(25)24-14(10-30)17(27)22-12(6-2-4-8-19)16(26)23-13(18(28)29)7-3-5-9-20/h11-14,30H,2-10,19-21H2,1H3,(H,22,27)(H,23,26)(H,24,25)(H,28,29). The van der Waals surface area contributed by atoms with E-state index >= 15 is 0 Å². The van der Waals surface area contributed by atoms with Crippen LogP contribution in [0, 0.1) is 0 Å². The second-order valence-electron chi connectivity index (χ2n) is 7.06. The molecule has 0 aromatic rings. The van der Waals surface area contributed by atoms with Crippen molar-refractivity contribution < 1.29 is 24.3 Å². The van der Waals surface area contributed by atoms with Gasteiger partial charge in [-0.1, -0.05) is 0 Å². The Morgan fingerprint density at radius 1 is 0.800 bits per heavy atom. The summed E-state index contributed by atoms with van der Waals surface area (Å²) in [4.78, 5) is 48.5. The van der Waals surface area contributed by atoms with Crippen LogP contribution in [0.15, 0.2) is 0 Å². The molecule has 0 rings (SSSR count). The quantitative estimate of drug-likeness (QED) is 0.0983. The number of unbranched alkanes of at least 4 members (excludes halogenated alkanes) is 2. The van der Waals surface area contributed by atoms with Crippen molar-refractivity contribution in [2.75, 3.05) is 18.8 Å². The van der Waals surface area contributed by atoms with Gasteiger partial charge in [0.2, 0.25) is 17.7 Å². The molecule has 0 radical (unpaired) electrons.